The molecular weight excluding hydrogens is 224 g/mol. The number of nitrogens with two attached hydrogens (primary N) is 1. The van der Waals surface area contributed by atoms with Gasteiger partial charge in [0.1, 0.15) is 5.75 Å². The molecule has 1 aliphatic carbocycles. The predicted molar refractivity (Wildman–Crippen MR) is 73.1 cm³/mol. The van der Waals surface area contributed by atoms with Crippen LogP contribution in [-0.2, 0) is 6.54 Å². The number of fused-ring (bicyclic) bond motifs is 1. The molecule has 0 saturated heterocycles. The Labute approximate surface area is 108 Å². The fourth-order valence-electron chi connectivity index (χ4n) is 2.82. The molecule has 1 fully saturated rings. The number of nitrogens with one attached hydrogen (secondary N) is 1. The fourth-order valence-corrected chi connectivity index (χ4v) is 2.82. The maximum Gasteiger partial charge on any atom is 0.120 e. The van der Waals surface area contributed by atoms with Gasteiger partial charge in [-0.3, -0.25) is 0 Å². The molecule has 0 radical (unpaired) electrons. The summed E-state index contributed by atoms with van der Waals surface area (Å²) in [6.45, 7) is 1.70. The van der Waals surface area contributed by atoms with Crippen molar-refractivity contribution in [2.45, 2.75) is 31.9 Å². The van der Waals surface area contributed by atoms with Gasteiger partial charge in [-0.05, 0) is 67.3 Å². The highest BCUT2D eigenvalue weighted by atomic mass is 16.5. The second-order valence-corrected chi connectivity index (χ2v) is 5.23. The van der Waals surface area contributed by atoms with E-state index in [9.17, 15) is 0 Å². The summed E-state index contributed by atoms with van der Waals surface area (Å²) in [5.41, 5.74) is 8.30. The number of ether oxygens (including phenoxy) is 1. The van der Waals surface area contributed by atoms with Crippen LogP contribution in [0.3, 0.4) is 0 Å². The average molecular weight is 244 g/mol. The standard InChI is InChI=1S/C15H20N2O/c16-9-11-1-3-14(7-11)18-15-4-2-13-10-17-6-5-12(13)8-15/h2,4-6,8,11,14,17H,1,3,7,9-10,16H2/t11-,14-/m1/s1. The molecule has 0 amide bonds. The molecule has 0 unspecified atom stereocenters. The van der Waals surface area contributed by atoms with Gasteiger partial charge in [0.25, 0.3) is 0 Å². The zero-order chi connectivity index (χ0) is 12.4. The third kappa shape index (κ3) is 2.36. The van der Waals surface area contributed by atoms with Crippen molar-refractivity contribution in [3.63, 3.8) is 0 Å². The highest BCUT2D eigenvalue weighted by Crippen LogP contribution is 2.29. The largest absolute Gasteiger partial charge is 0.490 e. The van der Waals surface area contributed by atoms with Gasteiger partial charge in [-0.1, -0.05) is 6.07 Å². The van der Waals surface area contributed by atoms with Crippen LogP contribution in [0.2, 0.25) is 0 Å². The lowest BCUT2D eigenvalue weighted by Gasteiger charge is -2.17. The van der Waals surface area contributed by atoms with Gasteiger partial charge in [0.15, 0.2) is 0 Å². The summed E-state index contributed by atoms with van der Waals surface area (Å²) in [6, 6.07) is 6.37. The second kappa shape index (κ2) is 5.02. The van der Waals surface area contributed by atoms with Gasteiger partial charge in [0, 0.05) is 6.54 Å². The molecule has 3 nitrogen and oxygen atoms in total. The van der Waals surface area contributed by atoms with E-state index in [-0.39, 0.29) is 0 Å². The number of hydrogen-bond donors (Lipinski definition) is 2. The summed E-state index contributed by atoms with van der Waals surface area (Å²) in [5, 5.41) is 3.21. The van der Waals surface area contributed by atoms with Crippen LogP contribution in [0, 0.1) is 5.92 Å². The molecule has 96 valence electrons. The van der Waals surface area contributed by atoms with Gasteiger partial charge >= 0.3 is 0 Å². The molecule has 3 heteroatoms. The van der Waals surface area contributed by atoms with Crippen LogP contribution in [0.15, 0.2) is 24.4 Å². The van der Waals surface area contributed by atoms with Crippen LogP contribution in [0.25, 0.3) is 6.08 Å². The van der Waals surface area contributed by atoms with Crippen molar-refractivity contribution < 1.29 is 4.74 Å². The Kier molecular flexibility index (Phi) is 3.24. The third-order valence-corrected chi connectivity index (χ3v) is 3.92. The van der Waals surface area contributed by atoms with Gasteiger partial charge in [0.05, 0.1) is 6.10 Å². The first kappa shape index (κ1) is 11.6. The average Bonchev–Trinajstić information content (AvgIpc) is 2.86. The van der Waals surface area contributed by atoms with Crippen molar-refractivity contribution in [2.75, 3.05) is 6.54 Å². The van der Waals surface area contributed by atoms with Crippen LogP contribution < -0.4 is 15.8 Å². The normalized spacial score (nSPS) is 25.6. The van der Waals surface area contributed by atoms with E-state index in [0.717, 1.165) is 31.7 Å². The zero-order valence-corrected chi connectivity index (χ0v) is 10.6. The Hall–Kier alpha value is -1.48. The lowest BCUT2D eigenvalue weighted by Crippen LogP contribution is -2.16. The molecule has 2 aliphatic rings. The van der Waals surface area contributed by atoms with E-state index in [1.54, 1.807) is 0 Å². The van der Waals surface area contributed by atoms with Gasteiger partial charge in [-0.25, -0.2) is 0 Å². The maximum atomic E-state index is 6.06. The first-order valence-corrected chi connectivity index (χ1v) is 6.75. The van der Waals surface area contributed by atoms with Crippen LogP contribution in [0.4, 0.5) is 0 Å². The first-order chi connectivity index (χ1) is 8.85. The van der Waals surface area contributed by atoms with Crippen molar-refractivity contribution in [2.24, 2.45) is 11.7 Å². The molecule has 1 heterocycles. The molecule has 1 aromatic carbocycles. The van der Waals surface area contributed by atoms with E-state index < -0.39 is 0 Å². The van der Waals surface area contributed by atoms with Gasteiger partial charge in [0.2, 0.25) is 0 Å². The predicted octanol–water partition coefficient (Wildman–Crippen LogP) is 2.27. The summed E-state index contributed by atoms with van der Waals surface area (Å²) in [6.07, 6.45) is 7.88. The van der Waals surface area contributed by atoms with Gasteiger partial charge < -0.3 is 15.8 Å². The lowest BCUT2D eigenvalue weighted by atomic mass is 10.0. The van der Waals surface area contributed by atoms with Crippen LogP contribution in [0.5, 0.6) is 5.75 Å². The Bertz CT molecular complexity index is 456. The molecule has 18 heavy (non-hydrogen) atoms. The Morgan fingerprint density at radius 2 is 2.28 bits per heavy atom. The second-order valence-electron chi connectivity index (χ2n) is 5.23. The van der Waals surface area contributed by atoms with Gasteiger partial charge in [-0.15, -0.1) is 0 Å². The molecule has 1 saturated carbocycles. The lowest BCUT2D eigenvalue weighted by molar-refractivity contribution is 0.204. The van der Waals surface area contributed by atoms with Gasteiger partial charge in [-0.2, -0.15) is 0 Å². The number of benzene rings is 1. The van der Waals surface area contributed by atoms with Crippen molar-refractivity contribution in [3.05, 3.63) is 35.5 Å². The zero-order valence-electron chi connectivity index (χ0n) is 10.6. The highest BCUT2D eigenvalue weighted by Gasteiger charge is 2.25. The monoisotopic (exact) mass is 244 g/mol. The minimum atomic E-state index is 0.349. The van der Waals surface area contributed by atoms with Crippen molar-refractivity contribution in [1.82, 2.24) is 5.32 Å². The molecule has 0 bridgehead atoms. The van der Waals surface area contributed by atoms with E-state index >= 15 is 0 Å². The Morgan fingerprint density at radius 1 is 1.33 bits per heavy atom. The van der Waals surface area contributed by atoms with Crippen LogP contribution in [0.1, 0.15) is 30.4 Å². The van der Waals surface area contributed by atoms with Crippen molar-refractivity contribution in [1.29, 1.82) is 0 Å². The minimum absolute atomic E-state index is 0.349. The van der Waals surface area contributed by atoms with E-state index in [4.69, 9.17) is 10.5 Å². The summed E-state index contributed by atoms with van der Waals surface area (Å²) in [5.74, 6) is 1.64. The summed E-state index contributed by atoms with van der Waals surface area (Å²) >= 11 is 0. The molecule has 1 aliphatic heterocycles. The van der Waals surface area contributed by atoms with E-state index in [2.05, 4.69) is 29.6 Å². The Morgan fingerprint density at radius 3 is 3.11 bits per heavy atom. The van der Waals surface area contributed by atoms with E-state index in [0.29, 0.717) is 12.0 Å². The van der Waals surface area contributed by atoms with E-state index in [1.165, 1.54) is 17.5 Å². The minimum Gasteiger partial charge on any atom is -0.490 e. The smallest absolute Gasteiger partial charge is 0.120 e. The quantitative estimate of drug-likeness (QED) is 0.857. The summed E-state index contributed by atoms with van der Waals surface area (Å²) in [4.78, 5) is 0. The first-order valence-electron chi connectivity index (χ1n) is 6.75. The SMILES string of the molecule is NC[C@@H]1CC[C@@H](Oc2ccc3c(c2)C=CNC3)C1. The number of rotatable bonds is 3. The molecule has 0 spiro atoms. The molecule has 0 aromatic heterocycles. The molecular formula is C15H20N2O. The topological polar surface area (TPSA) is 47.3 Å². The van der Waals surface area contributed by atoms with E-state index in [1.807, 2.05) is 6.20 Å². The summed E-state index contributed by atoms with van der Waals surface area (Å²) < 4.78 is 6.06. The van der Waals surface area contributed by atoms with Crippen LogP contribution >= 0.6 is 0 Å². The molecule has 1 aromatic rings. The van der Waals surface area contributed by atoms with Crippen LogP contribution in [-0.4, -0.2) is 12.6 Å². The van der Waals surface area contributed by atoms with Crippen molar-refractivity contribution in [3.8, 4) is 5.75 Å². The summed E-state index contributed by atoms with van der Waals surface area (Å²) in [7, 11) is 0. The molecule has 2 atom stereocenters. The number of hydrogen-bond acceptors (Lipinski definition) is 3. The fraction of sp³-hybridized carbons (Fsp3) is 0.467. The third-order valence-electron chi connectivity index (χ3n) is 3.92. The highest BCUT2D eigenvalue weighted by molar-refractivity contribution is 5.57. The van der Waals surface area contributed by atoms with Crippen molar-refractivity contribution >= 4 is 6.08 Å². The Balaban J connectivity index is 1.69. The maximum absolute atomic E-state index is 6.06. The molecule has 3 rings (SSSR count). The molecule has 3 N–H and O–H groups in total.